The van der Waals surface area contributed by atoms with Gasteiger partial charge < -0.3 is 10.5 Å². The van der Waals surface area contributed by atoms with E-state index in [-0.39, 0.29) is 4.90 Å². The summed E-state index contributed by atoms with van der Waals surface area (Å²) >= 11 is 0. The molecule has 0 aliphatic carbocycles. The van der Waals surface area contributed by atoms with Crippen molar-refractivity contribution in [3.05, 3.63) is 54.3 Å². The summed E-state index contributed by atoms with van der Waals surface area (Å²) in [5.74, 6) is 0.0193. The number of nitrogens with two attached hydrogens (primary N) is 1. The second-order valence-corrected chi connectivity index (χ2v) is 5.91. The topological polar surface area (TPSA) is 81.4 Å². The fourth-order valence-corrected chi connectivity index (χ4v) is 2.70. The number of anilines is 1. The number of nitrogens with one attached hydrogen (secondary N) is 1. The molecule has 0 spiro atoms. The third-order valence-electron chi connectivity index (χ3n) is 2.60. The quantitative estimate of drug-likeness (QED) is 0.854. The third kappa shape index (κ3) is 4.17. The minimum atomic E-state index is -3.76. The first kappa shape index (κ1) is 15.3. The Hall–Kier alpha value is -2.12. The summed E-state index contributed by atoms with van der Waals surface area (Å²) in [6, 6.07) is 11.1. The third-order valence-corrected chi connectivity index (χ3v) is 3.99. The van der Waals surface area contributed by atoms with E-state index < -0.39 is 15.8 Å². The molecule has 0 atom stereocenters. The summed E-state index contributed by atoms with van der Waals surface area (Å²) in [6.45, 7) is 0.708. The number of hydrogen-bond donors (Lipinski definition) is 2. The van der Waals surface area contributed by atoms with Crippen LogP contribution in [0.3, 0.4) is 0 Å². The second kappa shape index (κ2) is 6.55. The number of sulfonamides is 1. The lowest BCUT2D eigenvalue weighted by atomic mass is 10.3. The molecule has 3 N–H and O–H groups in total. The van der Waals surface area contributed by atoms with E-state index in [1.807, 2.05) is 0 Å². The lowest BCUT2D eigenvalue weighted by Crippen LogP contribution is -2.13. The standard InChI is InChI=1S/C14H15FN2O3S/c15-11-4-6-14(7-5-11)21(18,19)17-12-2-1-3-13(10-12)20-9-8-16/h1-7,10,17H,8-9,16H2. The molecule has 0 aromatic heterocycles. The molecule has 0 saturated heterocycles. The summed E-state index contributed by atoms with van der Waals surface area (Å²) in [5.41, 5.74) is 5.69. The van der Waals surface area contributed by atoms with Gasteiger partial charge in [-0.15, -0.1) is 0 Å². The number of ether oxygens (including phenoxy) is 1. The monoisotopic (exact) mass is 310 g/mol. The van der Waals surface area contributed by atoms with Gasteiger partial charge in [-0.25, -0.2) is 12.8 Å². The van der Waals surface area contributed by atoms with Crippen molar-refractivity contribution in [3.8, 4) is 5.75 Å². The minimum Gasteiger partial charge on any atom is -0.492 e. The number of halogens is 1. The van der Waals surface area contributed by atoms with Gasteiger partial charge in [-0.1, -0.05) is 6.07 Å². The molecule has 7 heteroatoms. The van der Waals surface area contributed by atoms with E-state index in [0.717, 1.165) is 12.1 Å². The molecule has 0 saturated carbocycles. The average molecular weight is 310 g/mol. The molecule has 21 heavy (non-hydrogen) atoms. The lowest BCUT2D eigenvalue weighted by molar-refractivity contribution is 0.328. The van der Waals surface area contributed by atoms with Gasteiger partial charge in [0.1, 0.15) is 18.2 Å². The smallest absolute Gasteiger partial charge is 0.261 e. The van der Waals surface area contributed by atoms with Crippen LogP contribution < -0.4 is 15.2 Å². The Kier molecular flexibility index (Phi) is 4.77. The van der Waals surface area contributed by atoms with Crippen molar-refractivity contribution >= 4 is 15.7 Å². The zero-order valence-corrected chi connectivity index (χ0v) is 11.9. The van der Waals surface area contributed by atoms with Gasteiger partial charge in [0.15, 0.2) is 0 Å². The molecule has 0 radical (unpaired) electrons. The fourth-order valence-electron chi connectivity index (χ4n) is 1.65. The minimum absolute atomic E-state index is 0.0165. The maximum atomic E-state index is 12.8. The van der Waals surface area contributed by atoms with Crippen LogP contribution in [0, 0.1) is 5.82 Å². The molecule has 2 aromatic carbocycles. The normalized spacial score (nSPS) is 11.1. The van der Waals surface area contributed by atoms with Gasteiger partial charge in [0, 0.05) is 12.6 Å². The van der Waals surface area contributed by atoms with Crippen molar-refractivity contribution in [1.29, 1.82) is 0 Å². The van der Waals surface area contributed by atoms with Crippen molar-refractivity contribution in [2.45, 2.75) is 4.90 Å². The lowest BCUT2D eigenvalue weighted by Gasteiger charge is -2.10. The SMILES string of the molecule is NCCOc1cccc(NS(=O)(=O)c2ccc(F)cc2)c1. The Labute approximate surface area is 122 Å². The summed E-state index contributed by atoms with van der Waals surface area (Å²) in [4.78, 5) is -0.0165. The molecule has 0 aliphatic rings. The first-order valence-corrected chi connectivity index (χ1v) is 7.71. The first-order valence-electron chi connectivity index (χ1n) is 6.22. The van der Waals surface area contributed by atoms with Crippen LogP contribution in [0.4, 0.5) is 10.1 Å². The highest BCUT2D eigenvalue weighted by molar-refractivity contribution is 7.92. The number of rotatable bonds is 6. The van der Waals surface area contributed by atoms with Crippen molar-refractivity contribution in [2.75, 3.05) is 17.9 Å². The van der Waals surface area contributed by atoms with Crippen molar-refractivity contribution < 1.29 is 17.5 Å². The summed E-state index contributed by atoms with van der Waals surface area (Å²) in [6.07, 6.45) is 0. The van der Waals surface area contributed by atoms with Gasteiger partial charge in [-0.05, 0) is 36.4 Å². The predicted octanol–water partition coefficient (Wildman–Crippen LogP) is 1.96. The first-order chi connectivity index (χ1) is 10.0. The van der Waals surface area contributed by atoms with Gasteiger partial charge in [-0.3, -0.25) is 4.72 Å². The summed E-state index contributed by atoms with van der Waals surface area (Å²) < 4.78 is 44.9. The Morgan fingerprint density at radius 1 is 1.14 bits per heavy atom. The van der Waals surface area contributed by atoms with E-state index in [4.69, 9.17) is 10.5 Å². The van der Waals surface area contributed by atoms with E-state index in [2.05, 4.69) is 4.72 Å². The fraction of sp³-hybridized carbons (Fsp3) is 0.143. The molecule has 2 rings (SSSR count). The molecule has 0 unspecified atom stereocenters. The van der Waals surface area contributed by atoms with Crippen LogP contribution >= 0.6 is 0 Å². The van der Waals surface area contributed by atoms with Crippen LogP contribution in [-0.4, -0.2) is 21.6 Å². The van der Waals surface area contributed by atoms with Crippen LogP contribution in [0.15, 0.2) is 53.4 Å². The highest BCUT2D eigenvalue weighted by Crippen LogP contribution is 2.21. The molecule has 5 nitrogen and oxygen atoms in total. The summed E-state index contributed by atoms with van der Waals surface area (Å²) in [7, 11) is -3.76. The maximum Gasteiger partial charge on any atom is 0.261 e. The van der Waals surface area contributed by atoms with Crippen molar-refractivity contribution in [2.24, 2.45) is 5.73 Å². The molecular weight excluding hydrogens is 295 g/mol. The van der Waals surface area contributed by atoms with Gasteiger partial charge in [0.25, 0.3) is 10.0 Å². The van der Waals surface area contributed by atoms with Crippen molar-refractivity contribution in [1.82, 2.24) is 0 Å². The van der Waals surface area contributed by atoms with E-state index in [9.17, 15) is 12.8 Å². The largest absolute Gasteiger partial charge is 0.492 e. The molecule has 2 aromatic rings. The molecule has 0 aliphatic heterocycles. The Morgan fingerprint density at radius 2 is 1.86 bits per heavy atom. The molecule has 0 heterocycles. The average Bonchev–Trinajstić information content (AvgIpc) is 2.45. The summed E-state index contributed by atoms with van der Waals surface area (Å²) in [5, 5.41) is 0. The maximum absolute atomic E-state index is 12.8. The van der Waals surface area contributed by atoms with Gasteiger partial charge >= 0.3 is 0 Å². The van der Waals surface area contributed by atoms with Gasteiger partial charge in [-0.2, -0.15) is 0 Å². The van der Waals surface area contributed by atoms with Crippen molar-refractivity contribution in [3.63, 3.8) is 0 Å². The Bertz CT molecular complexity index is 702. The van der Waals surface area contributed by atoms with Gasteiger partial charge in [0.2, 0.25) is 0 Å². The molecule has 0 amide bonds. The molecular formula is C14H15FN2O3S. The number of hydrogen-bond acceptors (Lipinski definition) is 4. The van der Waals surface area contributed by atoms with Crippen LogP contribution in [0.25, 0.3) is 0 Å². The highest BCUT2D eigenvalue weighted by Gasteiger charge is 2.14. The molecule has 0 fully saturated rings. The predicted molar refractivity (Wildman–Crippen MR) is 78.2 cm³/mol. The Balaban J connectivity index is 2.18. The van der Waals surface area contributed by atoms with Crippen LogP contribution in [0.2, 0.25) is 0 Å². The van der Waals surface area contributed by atoms with E-state index in [1.54, 1.807) is 24.3 Å². The Morgan fingerprint density at radius 3 is 2.52 bits per heavy atom. The zero-order valence-electron chi connectivity index (χ0n) is 11.1. The number of benzene rings is 2. The van der Waals surface area contributed by atoms with E-state index in [0.29, 0.717) is 24.6 Å². The molecule has 112 valence electrons. The van der Waals surface area contributed by atoms with Crippen LogP contribution in [0.1, 0.15) is 0 Å². The van der Waals surface area contributed by atoms with Gasteiger partial charge in [0.05, 0.1) is 10.6 Å². The zero-order chi connectivity index (χ0) is 15.3. The van der Waals surface area contributed by atoms with E-state index >= 15 is 0 Å². The van der Waals surface area contributed by atoms with Crippen LogP contribution in [0.5, 0.6) is 5.75 Å². The van der Waals surface area contributed by atoms with E-state index in [1.165, 1.54) is 12.1 Å². The molecule has 0 bridgehead atoms. The van der Waals surface area contributed by atoms with Crippen LogP contribution in [-0.2, 0) is 10.0 Å². The highest BCUT2D eigenvalue weighted by atomic mass is 32.2. The second-order valence-electron chi connectivity index (χ2n) is 4.22.